The first-order valence-corrected chi connectivity index (χ1v) is 6.98. The predicted molar refractivity (Wildman–Crippen MR) is 63.9 cm³/mol. The highest BCUT2D eigenvalue weighted by Gasteiger charge is 2.40. The number of hydrogen-bond acceptors (Lipinski definition) is 4. The standard InChI is InChI=1S/C13H23NO3/c1-2-12(10-15-7-1)14-11-3-5-13(6-4-11)16-8-9-17-13/h11-12,14H,1-10H2. The van der Waals surface area contributed by atoms with E-state index in [1.54, 1.807) is 0 Å². The van der Waals surface area contributed by atoms with Crippen molar-refractivity contribution in [1.82, 2.24) is 5.32 Å². The van der Waals surface area contributed by atoms with Gasteiger partial charge in [-0.3, -0.25) is 0 Å². The Balaban J connectivity index is 1.44. The summed E-state index contributed by atoms with van der Waals surface area (Å²) in [6.45, 7) is 3.37. The molecule has 1 saturated carbocycles. The van der Waals surface area contributed by atoms with Crippen LogP contribution in [0.25, 0.3) is 0 Å². The second-order valence-electron chi connectivity index (χ2n) is 5.46. The Kier molecular flexibility index (Phi) is 3.66. The summed E-state index contributed by atoms with van der Waals surface area (Å²) in [4.78, 5) is 0. The Morgan fingerprint density at radius 3 is 2.29 bits per heavy atom. The summed E-state index contributed by atoms with van der Waals surface area (Å²) in [5, 5.41) is 3.73. The van der Waals surface area contributed by atoms with Crippen LogP contribution < -0.4 is 5.32 Å². The van der Waals surface area contributed by atoms with Gasteiger partial charge in [-0.15, -0.1) is 0 Å². The molecule has 1 N–H and O–H groups in total. The van der Waals surface area contributed by atoms with Crippen molar-refractivity contribution in [2.45, 2.75) is 56.4 Å². The SMILES string of the molecule is C1COCC(NC2CCC3(CC2)OCCO3)C1. The van der Waals surface area contributed by atoms with Crippen molar-refractivity contribution in [2.75, 3.05) is 26.4 Å². The van der Waals surface area contributed by atoms with Crippen LogP contribution in [-0.4, -0.2) is 44.3 Å². The van der Waals surface area contributed by atoms with Gasteiger partial charge in [0.05, 0.1) is 19.8 Å². The highest BCUT2D eigenvalue weighted by atomic mass is 16.7. The minimum absolute atomic E-state index is 0.221. The maximum atomic E-state index is 5.75. The van der Waals surface area contributed by atoms with Crippen LogP contribution in [0.15, 0.2) is 0 Å². The highest BCUT2D eigenvalue weighted by Crippen LogP contribution is 2.35. The summed E-state index contributed by atoms with van der Waals surface area (Å²) in [6.07, 6.45) is 6.86. The van der Waals surface area contributed by atoms with E-state index < -0.39 is 0 Å². The van der Waals surface area contributed by atoms with Gasteiger partial charge in [-0.25, -0.2) is 0 Å². The first-order chi connectivity index (χ1) is 8.36. The van der Waals surface area contributed by atoms with E-state index in [4.69, 9.17) is 14.2 Å². The van der Waals surface area contributed by atoms with E-state index in [0.717, 1.165) is 52.1 Å². The van der Waals surface area contributed by atoms with Crippen molar-refractivity contribution in [1.29, 1.82) is 0 Å². The molecule has 2 heterocycles. The Morgan fingerprint density at radius 2 is 1.65 bits per heavy atom. The molecular formula is C13H23NO3. The molecule has 0 aromatic rings. The third-order valence-corrected chi connectivity index (χ3v) is 4.19. The second-order valence-corrected chi connectivity index (χ2v) is 5.46. The average Bonchev–Trinajstić information content (AvgIpc) is 2.83. The zero-order chi connectivity index (χ0) is 11.6. The summed E-state index contributed by atoms with van der Waals surface area (Å²) < 4.78 is 17.0. The molecule has 0 amide bonds. The predicted octanol–water partition coefficient (Wildman–Crippen LogP) is 1.44. The first-order valence-electron chi connectivity index (χ1n) is 6.98. The van der Waals surface area contributed by atoms with E-state index in [1.807, 2.05) is 0 Å². The molecule has 17 heavy (non-hydrogen) atoms. The molecule has 4 nitrogen and oxygen atoms in total. The molecule has 1 atom stereocenters. The van der Waals surface area contributed by atoms with E-state index in [0.29, 0.717) is 12.1 Å². The molecule has 0 bridgehead atoms. The van der Waals surface area contributed by atoms with Gasteiger partial charge in [-0.05, 0) is 25.7 Å². The van der Waals surface area contributed by atoms with E-state index in [2.05, 4.69) is 5.32 Å². The van der Waals surface area contributed by atoms with Crippen molar-refractivity contribution >= 4 is 0 Å². The van der Waals surface area contributed by atoms with Gasteiger partial charge in [-0.2, -0.15) is 0 Å². The van der Waals surface area contributed by atoms with Crippen LogP contribution in [0.1, 0.15) is 38.5 Å². The monoisotopic (exact) mass is 241 g/mol. The Bertz CT molecular complexity index is 237. The van der Waals surface area contributed by atoms with E-state index in [-0.39, 0.29) is 5.79 Å². The van der Waals surface area contributed by atoms with E-state index in [1.165, 1.54) is 12.8 Å². The van der Waals surface area contributed by atoms with Gasteiger partial charge in [0.1, 0.15) is 0 Å². The molecule has 3 aliphatic rings. The highest BCUT2D eigenvalue weighted by molar-refractivity contribution is 4.87. The van der Waals surface area contributed by atoms with Crippen molar-refractivity contribution in [3.05, 3.63) is 0 Å². The third-order valence-electron chi connectivity index (χ3n) is 4.19. The van der Waals surface area contributed by atoms with Crippen LogP contribution in [0.3, 0.4) is 0 Å². The van der Waals surface area contributed by atoms with Gasteiger partial charge >= 0.3 is 0 Å². The smallest absolute Gasteiger partial charge is 0.168 e. The quantitative estimate of drug-likeness (QED) is 0.794. The zero-order valence-corrected chi connectivity index (χ0v) is 10.5. The lowest BCUT2D eigenvalue weighted by atomic mass is 9.89. The molecule has 0 radical (unpaired) electrons. The lowest BCUT2D eigenvalue weighted by molar-refractivity contribution is -0.180. The molecular weight excluding hydrogens is 218 g/mol. The van der Waals surface area contributed by atoms with Crippen molar-refractivity contribution in [3.63, 3.8) is 0 Å². The van der Waals surface area contributed by atoms with Crippen LogP contribution in [0.4, 0.5) is 0 Å². The molecule has 3 rings (SSSR count). The average molecular weight is 241 g/mol. The fraction of sp³-hybridized carbons (Fsp3) is 1.00. The fourth-order valence-corrected chi connectivity index (χ4v) is 3.22. The second kappa shape index (κ2) is 5.22. The van der Waals surface area contributed by atoms with Crippen LogP contribution in [0.5, 0.6) is 0 Å². The Morgan fingerprint density at radius 1 is 0.882 bits per heavy atom. The molecule has 4 heteroatoms. The molecule has 98 valence electrons. The van der Waals surface area contributed by atoms with E-state index in [9.17, 15) is 0 Å². The molecule has 0 aromatic heterocycles. The molecule has 2 aliphatic heterocycles. The molecule has 1 spiro atoms. The molecule has 0 aromatic carbocycles. The van der Waals surface area contributed by atoms with Gasteiger partial charge in [0.2, 0.25) is 0 Å². The van der Waals surface area contributed by atoms with Crippen LogP contribution in [0.2, 0.25) is 0 Å². The summed E-state index contributed by atoms with van der Waals surface area (Å²) in [7, 11) is 0. The number of rotatable bonds is 2. The maximum Gasteiger partial charge on any atom is 0.168 e. The molecule has 2 saturated heterocycles. The minimum atomic E-state index is -0.221. The summed E-state index contributed by atoms with van der Waals surface area (Å²) >= 11 is 0. The van der Waals surface area contributed by atoms with Gasteiger partial charge in [-0.1, -0.05) is 0 Å². The van der Waals surface area contributed by atoms with Crippen molar-refractivity contribution < 1.29 is 14.2 Å². The topological polar surface area (TPSA) is 39.7 Å². The minimum Gasteiger partial charge on any atom is -0.380 e. The molecule has 1 unspecified atom stereocenters. The Labute approximate surface area is 103 Å². The van der Waals surface area contributed by atoms with Crippen LogP contribution in [0, 0.1) is 0 Å². The van der Waals surface area contributed by atoms with Gasteiger partial charge in [0.25, 0.3) is 0 Å². The first kappa shape index (κ1) is 11.9. The van der Waals surface area contributed by atoms with Gasteiger partial charge in [0, 0.05) is 31.5 Å². The fourth-order valence-electron chi connectivity index (χ4n) is 3.22. The van der Waals surface area contributed by atoms with E-state index >= 15 is 0 Å². The largest absolute Gasteiger partial charge is 0.380 e. The van der Waals surface area contributed by atoms with Gasteiger partial charge < -0.3 is 19.5 Å². The van der Waals surface area contributed by atoms with Crippen LogP contribution >= 0.6 is 0 Å². The van der Waals surface area contributed by atoms with Gasteiger partial charge in [0.15, 0.2) is 5.79 Å². The maximum absolute atomic E-state index is 5.75. The molecule has 1 aliphatic carbocycles. The number of nitrogens with one attached hydrogen (secondary N) is 1. The summed E-state index contributed by atoms with van der Waals surface area (Å²) in [6, 6.07) is 1.19. The third kappa shape index (κ3) is 2.81. The Hall–Kier alpha value is -0.160. The lowest BCUT2D eigenvalue weighted by Crippen LogP contribution is -2.47. The summed E-state index contributed by atoms with van der Waals surface area (Å²) in [5.74, 6) is -0.221. The number of hydrogen-bond donors (Lipinski definition) is 1. The summed E-state index contributed by atoms with van der Waals surface area (Å²) in [5.41, 5.74) is 0. The van der Waals surface area contributed by atoms with Crippen LogP contribution in [-0.2, 0) is 14.2 Å². The zero-order valence-electron chi connectivity index (χ0n) is 10.5. The van der Waals surface area contributed by atoms with Crippen molar-refractivity contribution in [3.8, 4) is 0 Å². The molecule has 3 fully saturated rings. The number of ether oxygens (including phenoxy) is 3. The normalized spacial score (nSPS) is 34.2. The lowest BCUT2D eigenvalue weighted by Gasteiger charge is -2.37. The van der Waals surface area contributed by atoms with Crippen molar-refractivity contribution in [2.24, 2.45) is 0 Å².